The van der Waals surface area contributed by atoms with Gasteiger partial charge in [-0.25, -0.2) is 14.2 Å². The van der Waals surface area contributed by atoms with E-state index in [-0.39, 0.29) is 18.0 Å². The second kappa shape index (κ2) is 9.34. The third-order valence-corrected chi connectivity index (χ3v) is 5.74. The number of furan rings is 1. The minimum absolute atomic E-state index is 0.176. The highest BCUT2D eigenvalue weighted by atomic mass is 19.1. The Balaban J connectivity index is 1.44. The maximum absolute atomic E-state index is 14.0. The highest BCUT2D eigenvalue weighted by Crippen LogP contribution is 2.28. The average molecular weight is 466 g/mol. The van der Waals surface area contributed by atoms with Gasteiger partial charge < -0.3 is 25.1 Å². The molecule has 4 rings (SSSR count). The summed E-state index contributed by atoms with van der Waals surface area (Å²) in [4.78, 5) is 41.4. The Kier molecular flexibility index (Phi) is 6.31. The molecule has 10 heteroatoms. The molecule has 1 atom stereocenters. The van der Waals surface area contributed by atoms with E-state index in [1.165, 1.54) is 23.2 Å². The summed E-state index contributed by atoms with van der Waals surface area (Å²) in [7, 11) is 1.62. The number of amides is 3. The lowest BCUT2D eigenvalue weighted by Crippen LogP contribution is -2.42. The molecule has 0 spiro atoms. The van der Waals surface area contributed by atoms with Gasteiger partial charge in [0.25, 0.3) is 0 Å². The molecule has 0 aliphatic carbocycles. The van der Waals surface area contributed by atoms with Crippen molar-refractivity contribution >= 4 is 40.8 Å². The van der Waals surface area contributed by atoms with Crippen LogP contribution in [-0.4, -0.2) is 46.0 Å². The number of hydrogen-bond acceptors (Lipinski definition) is 5. The molecule has 3 heterocycles. The zero-order chi connectivity index (χ0) is 24.4. The van der Waals surface area contributed by atoms with Crippen molar-refractivity contribution in [1.29, 1.82) is 0 Å². The molecule has 3 amide bonds. The van der Waals surface area contributed by atoms with Crippen LogP contribution in [0.2, 0.25) is 0 Å². The summed E-state index contributed by atoms with van der Waals surface area (Å²) in [6.45, 7) is 2.00. The molecule has 0 bridgehead atoms. The molecule has 1 aliphatic heterocycles. The number of aromatic nitrogens is 1. The minimum Gasteiger partial charge on any atom is -0.465 e. The van der Waals surface area contributed by atoms with Crippen LogP contribution >= 0.6 is 0 Å². The van der Waals surface area contributed by atoms with E-state index in [4.69, 9.17) is 9.52 Å². The molecule has 3 aromatic rings. The van der Waals surface area contributed by atoms with Gasteiger partial charge in [-0.05, 0) is 49.1 Å². The lowest BCUT2D eigenvalue weighted by atomic mass is 10.1. The van der Waals surface area contributed by atoms with Gasteiger partial charge in [0.05, 0.1) is 6.54 Å². The van der Waals surface area contributed by atoms with E-state index < -0.39 is 23.9 Å². The third-order valence-electron chi connectivity index (χ3n) is 5.74. The van der Waals surface area contributed by atoms with E-state index in [9.17, 15) is 18.8 Å². The van der Waals surface area contributed by atoms with Gasteiger partial charge in [0, 0.05) is 30.3 Å². The first-order valence-electron chi connectivity index (χ1n) is 10.6. The highest BCUT2D eigenvalue weighted by molar-refractivity contribution is 5.97. The zero-order valence-corrected chi connectivity index (χ0v) is 18.6. The number of nitrogens with zero attached hydrogens (tertiary/aromatic N) is 2. The predicted molar refractivity (Wildman–Crippen MR) is 123 cm³/mol. The van der Waals surface area contributed by atoms with Crippen molar-refractivity contribution in [2.45, 2.75) is 32.4 Å². The molecular weight excluding hydrogens is 443 g/mol. The lowest BCUT2D eigenvalue weighted by molar-refractivity contribution is -0.125. The van der Waals surface area contributed by atoms with Crippen LogP contribution in [0.4, 0.5) is 15.0 Å². The number of benzene rings is 1. The van der Waals surface area contributed by atoms with E-state index in [0.717, 1.165) is 11.1 Å². The molecule has 176 valence electrons. The van der Waals surface area contributed by atoms with Crippen LogP contribution in [0, 0.1) is 12.7 Å². The summed E-state index contributed by atoms with van der Waals surface area (Å²) < 4.78 is 19.6. The Labute approximate surface area is 194 Å². The Hall–Kier alpha value is -4.21. The van der Waals surface area contributed by atoms with E-state index >= 15 is 0 Å². The number of aryl methyl sites for hydroxylation is 2. The largest absolute Gasteiger partial charge is 0.465 e. The lowest BCUT2D eigenvalue weighted by Gasteiger charge is -2.14. The van der Waals surface area contributed by atoms with Gasteiger partial charge in [0.2, 0.25) is 11.8 Å². The number of carbonyl (C=O) groups is 3. The summed E-state index contributed by atoms with van der Waals surface area (Å²) in [5.41, 5.74) is 2.36. The summed E-state index contributed by atoms with van der Waals surface area (Å²) in [6.07, 6.45) is 3.97. The maximum Gasteiger partial charge on any atom is 0.405 e. The number of halogens is 1. The zero-order valence-electron chi connectivity index (χ0n) is 18.6. The molecule has 0 radical (unpaired) electrons. The number of rotatable bonds is 5. The number of fused-ring (bicyclic) bond motifs is 2. The Morgan fingerprint density at radius 2 is 2.21 bits per heavy atom. The second-order valence-electron chi connectivity index (χ2n) is 8.10. The molecule has 3 N–H and O–H groups in total. The number of hydrogen-bond donors (Lipinski definition) is 3. The fourth-order valence-electron chi connectivity index (χ4n) is 3.84. The van der Waals surface area contributed by atoms with Gasteiger partial charge in [0.15, 0.2) is 11.4 Å². The molecule has 2 aromatic heterocycles. The van der Waals surface area contributed by atoms with Gasteiger partial charge >= 0.3 is 6.09 Å². The summed E-state index contributed by atoms with van der Waals surface area (Å²) >= 11 is 0. The monoisotopic (exact) mass is 466 g/mol. The highest BCUT2D eigenvalue weighted by Gasteiger charge is 2.25. The number of carboxylic acid groups (broad SMARTS) is 1. The van der Waals surface area contributed by atoms with Gasteiger partial charge in [0.1, 0.15) is 17.6 Å². The molecule has 0 saturated carbocycles. The van der Waals surface area contributed by atoms with Crippen LogP contribution in [0.1, 0.15) is 28.9 Å². The van der Waals surface area contributed by atoms with Gasteiger partial charge in [-0.15, -0.1) is 0 Å². The van der Waals surface area contributed by atoms with Crippen molar-refractivity contribution in [3.63, 3.8) is 0 Å². The van der Waals surface area contributed by atoms with E-state index in [0.29, 0.717) is 35.4 Å². The van der Waals surface area contributed by atoms with Crippen molar-refractivity contribution in [1.82, 2.24) is 15.2 Å². The number of likely N-dealkylation sites (N-methyl/N-ethyl adjacent to an activating group) is 1. The maximum atomic E-state index is 14.0. The second-order valence-corrected chi connectivity index (χ2v) is 8.10. The standard InChI is InChI=1S/C24H23FN4O5/c1-13-16-4-3-5-17(25)21(16)34-19(13)12-29(2)20(30)9-6-14-10-15-7-8-18(27-24(32)33)23(31)28-22(15)26-11-14/h3-6,9-11,18,27H,7-8,12H2,1-2H3,(H,32,33)(H,26,28,31)/b9-6+/t18-/m0/s1. The molecule has 34 heavy (non-hydrogen) atoms. The Morgan fingerprint density at radius 1 is 1.41 bits per heavy atom. The van der Waals surface area contributed by atoms with Crippen LogP contribution in [0.15, 0.2) is 41.0 Å². The SMILES string of the molecule is Cc1c(CN(C)C(=O)/C=C/c2cnc3c(c2)CC[C@H](NC(=O)O)C(=O)N3)oc2c(F)cccc12. The number of carbonyl (C=O) groups excluding carboxylic acids is 2. The van der Waals surface area contributed by atoms with E-state index in [1.807, 2.05) is 6.92 Å². The van der Waals surface area contributed by atoms with Crippen LogP contribution in [-0.2, 0) is 22.6 Å². The Bertz CT molecular complexity index is 1320. The van der Waals surface area contributed by atoms with E-state index in [2.05, 4.69) is 15.6 Å². The number of anilines is 1. The van der Waals surface area contributed by atoms with Crippen LogP contribution in [0.25, 0.3) is 17.0 Å². The smallest absolute Gasteiger partial charge is 0.405 e. The molecular formula is C24H23FN4O5. The minimum atomic E-state index is -1.27. The molecule has 0 unspecified atom stereocenters. The fourth-order valence-corrected chi connectivity index (χ4v) is 3.84. The fraction of sp³-hybridized carbons (Fsp3) is 0.250. The summed E-state index contributed by atoms with van der Waals surface area (Å²) in [5.74, 6) is -0.314. The van der Waals surface area contributed by atoms with Crippen molar-refractivity contribution in [2.75, 3.05) is 12.4 Å². The van der Waals surface area contributed by atoms with E-state index in [1.54, 1.807) is 31.3 Å². The van der Waals surface area contributed by atoms with Crippen molar-refractivity contribution in [3.8, 4) is 0 Å². The molecule has 0 saturated heterocycles. The van der Waals surface area contributed by atoms with Crippen molar-refractivity contribution < 1.29 is 28.3 Å². The van der Waals surface area contributed by atoms with Crippen molar-refractivity contribution in [2.24, 2.45) is 0 Å². The quantitative estimate of drug-likeness (QED) is 0.495. The van der Waals surface area contributed by atoms with Gasteiger partial charge in [-0.2, -0.15) is 0 Å². The molecule has 1 aromatic carbocycles. The number of pyridine rings is 1. The van der Waals surface area contributed by atoms with Crippen LogP contribution in [0.5, 0.6) is 0 Å². The van der Waals surface area contributed by atoms with Crippen LogP contribution in [0.3, 0.4) is 0 Å². The Morgan fingerprint density at radius 3 is 2.94 bits per heavy atom. The van der Waals surface area contributed by atoms with Gasteiger partial charge in [-0.1, -0.05) is 12.1 Å². The molecule has 9 nitrogen and oxygen atoms in total. The van der Waals surface area contributed by atoms with Gasteiger partial charge in [-0.3, -0.25) is 9.59 Å². The molecule has 0 fully saturated rings. The van der Waals surface area contributed by atoms with Crippen molar-refractivity contribution in [3.05, 3.63) is 64.8 Å². The third kappa shape index (κ3) is 4.75. The summed E-state index contributed by atoms with van der Waals surface area (Å²) in [5, 5.41) is 14.4. The normalized spacial score (nSPS) is 15.6. The first-order chi connectivity index (χ1) is 16.2. The first-order valence-corrected chi connectivity index (χ1v) is 10.6. The first kappa shape index (κ1) is 23.0. The van der Waals surface area contributed by atoms with Crippen LogP contribution < -0.4 is 10.6 Å². The predicted octanol–water partition coefficient (Wildman–Crippen LogP) is 3.47. The molecule has 1 aliphatic rings. The summed E-state index contributed by atoms with van der Waals surface area (Å²) in [6, 6.07) is 5.65. The topological polar surface area (TPSA) is 125 Å². The average Bonchev–Trinajstić information content (AvgIpc) is 3.03. The number of para-hydroxylation sites is 1. The number of nitrogens with one attached hydrogen (secondary N) is 2.